The zero-order valence-corrected chi connectivity index (χ0v) is 13.1. The Morgan fingerprint density at radius 2 is 2.09 bits per heavy atom. The van der Waals surface area contributed by atoms with Gasteiger partial charge >= 0.3 is 5.97 Å². The first kappa shape index (κ1) is 14.4. The molecular weight excluding hydrogens is 304 g/mol. The van der Waals surface area contributed by atoms with Gasteiger partial charge in [-0.25, -0.2) is 9.78 Å². The van der Waals surface area contributed by atoms with Crippen molar-refractivity contribution in [1.29, 1.82) is 0 Å². The van der Waals surface area contributed by atoms with Crippen LogP contribution in [0.2, 0.25) is 0 Å². The van der Waals surface area contributed by atoms with Crippen molar-refractivity contribution in [2.24, 2.45) is 0 Å². The predicted molar refractivity (Wildman–Crippen MR) is 83.3 cm³/mol. The molecule has 3 rings (SSSR count). The number of imidazole rings is 1. The van der Waals surface area contributed by atoms with Crippen LogP contribution in [0.25, 0.3) is 16.2 Å². The molecule has 0 fully saturated rings. The van der Waals surface area contributed by atoms with E-state index in [9.17, 15) is 4.79 Å². The monoisotopic (exact) mass is 318 g/mol. The van der Waals surface area contributed by atoms with Crippen LogP contribution in [0, 0.1) is 6.92 Å². The molecule has 0 atom stereocenters. The van der Waals surface area contributed by atoms with Crippen molar-refractivity contribution in [1.82, 2.24) is 9.38 Å². The summed E-state index contributed by atoms with van der Waals surface area (Å²) < 4.78 is 12.4. The molecule has 0 unspecified atom stereocenters. The molecule has 1 aromatic carbocycles. The number of benzene rings is 1. The number of rotatable bonds is 4. The Kier molecular flexibility index (Phi) is 3.50. The van der Waals surface area contributed by atoms with Crippen LogP contribution in [0.5, 0.6) is 11.5 Å². The van der Waals surface area contributed by atoms with Gasteiger partial charge in [0.2, 0.25) is 0 Å². The van der Waals surface area contributed by atoms with Gasteiger partial charge in [0.25, 0.3) is 0 Å². The van der Waals surface area contributed by atoms with E-state index < -0.39 is 5.97 Å². The number of nitrogens with zero attached hydrogens (tertiary/aromatic N) is 2. The first-order valence-corrected chi connectivity index (χ1v) is 7.31. The van der Waals surface area contributed by atoms with E-state index in [1.165, 1.54) is 0 Å². The maximum absolute atomic E-state index is 11.2. The Hall–Kier alpha value is -2.54. The van der Waals surface area contributed by atoms with Crippen LogP contribution in [-0.2, 0) is 0 Å². The molecule has 3 aromatic rings. The number of aromatic carboxylic acids is 1. The van der Waals surface area contributed by atoms with Crippen molar-refractivity contribution in [2.75, 3.05) is 14.2 Å². The second kappa shape index (κ2) is 5.34. The summed E-state index contributed by atoms with van der Waals surface area (Å²) in [6.07, 6.45) is 1.82. The Labute approximate surface area is 130 Å². The number of ether oxygens (including phenoxy) is 2. The lowest BCUT2D eigenvalue weighted by atomic mass is 10.1. The topological polar surface area (TPSA) is 73.1 Å². The van der Waals surface area contributed by atoms with Crippen LogP contribution in [0.1, 0.15) is 15.4 Å². The average molecular weight is 318 g/mol. The van der Waals surface area contributed by atoms with Crippen LogP contribution in [0.3, 0.4) is 0 Å². The molecule has 22 heavy (non-hydrogen) atoms. The summed E-state index contributed by atoms with van der Waals surface area (Å²) in [6.45, 7) is 1.77. The number of hydrogen-bond donors (Lipinski definition) is 1. The van der Waals surface area contributed by atoms with Crippen molar-refractivity contribution in [2.45, 2.75) is 6.92 Å². The van der Waals surface area contributed by atoms with Crippen LogP contribution in [-0.4, -0.2) is 34.7 Å². The normalized spacial score (nSPS) is 10.9. The smallest absolute Gasteiger partial charge is 0.347 e. The second-order valence-electron chi connectivity index (χ2n) is 4.67. The molecule has 114 valence electrons. The quantitative estimate of drug-likeness (QED) is 0.800. The Bertz CT molecular complexity index is 866. The summed E-state index contributed by atoms with van der Waals surface area (Å²) in [5.41, 5.74) is 2.22. The highest BCUT2D eigenvalue weighted by Crippen LogP contribution is 2.34. The van der Waals surface area contributed by atoms with E-state index in [2.05, 4.69) is 4.98 Å². The highest BCUT2D eigenvalue weighted by molar-refractivity contribution is 7.19. The number of thiazole rings is 1. The summed E-state index contributed by atoms with van der Waals surface area (Å²) in [5.74, 6) is 0.420. The molecule has 0 saturated carbocycles. The summed E-state index contributed by atoms with van der Waals surface area (Å²) >= 11 is 1.16. The van der Waals surface area contributed by atoms with Gasteiger partial charge < -0.3 is 14.6 Å². The molecule has 2 heterocycles. The molecule has 0 saturated heterocycles. The van der Waals surface area contributed by atoms with Gasteiger partial charge in [-0.05, 0) is 19.1 Å². The predicted octanol–water partition coefficient (Wildman–Crippen LogP) is 3.09. The maximum atomic E-state index is 11.2. The standard InChI is InChI=1S/C15H14N2O4S/c1-8-13(14(18)19)22-15-16-11(7-17(8)15)10-5-4-9(20-2)6-12(10)21-3/h4-7H,1-3H3,(H,18,19). The lowest BCUT2D eigenvalue weighted by molar-refractivity contribution is 0.0701. The molecule has 0 aliphatic carbocycles. The Balaban J connectivity index is 2.13. The zero-order chi connectivity index (χ0) is 15.9. The molecule has 0 amide bonds. The van der Waals surface area contributed by atoms with Crippen molar-refractivity contribution >= 4 is 22.3 Å². The summed E-state index contributed by atoms with van der Waals surface area (Å²) in [4.78, 5) is 16.6. The fourth-order valence-corrected chi connectivity index (χ4v) is 3.24. The largest absolute Gasteiger partial charge is 0.497 e. The second-order valence-corrected chi connectivity index (χ2v) is 5.64. The van der Waals surface area contributed by atoms with E-state index in [1.807, 2.05) is 18.3 Å². The van der Waals surface area contributed by atoms with Gasteiger partial charge in [0.15, 0.2) is 4.96 Å². The highest BCUT2D eigenvalue weighted by Gasteiger charge is 2.18. The highest BCUT2D eigenvalue weighted by atomic mass is 32.1. The molecule has 0 aliphatic rings. The third-order valence-corrected chi connectivity index (χ3v) is 4.58. The van der Waals surface area contributed by atoms with Crippen LogP contribution >= 0.6 is 11.3 Å². The third-order valence-electron chi connectivity index (χ3n) is 3.44. The van der Waals surface area contributed by atoms with Crippen molar-refractivity contribution in [3.63, 3.8) is 0 Å². The molecular formula is C15H14N2O4S. The molecule has 0 aliphatic heterocycles. The summed E-state index contributed by atoms with van der Waals surface area (Å²) in [5, 5.41) is 9.15. The van der Waals surface area contributed by atoms with E-state index in [0.29, 0.717) is 27.0 Å². The fraction of sp³-hybridized carbons (Fsp3) is 0.200. The average Bonchev–Trinajstić information content (AvgIpc) is 3.06. The van der Waals surface area contributed by atoms with Crippen molar-refractivity contribution in [3.8, 4) is 22.8 Å². The van der Waals surface area contributed by atoms with E-state index in [4.69, 9.17) is 14.6 Å². The Morgan fingerprint density at radius 1 is 1.32 bits per heavy atom. The van der Waals surface area contributed by atoms with Gasteiger partial charge in [0.1, 0.15) is 16.4 Å². The van der Waals surface area contributed by atoms with E-state index in [-0.39, 0.29) is 0 Å². The molecule has 7 heteroatoms. The first-order chi connectivity index (χ1) is 10.5. The SMILES string of the molecule is COc1ccc(-c2cn3c(C)c(C(=O)O)sc3n2)c(OC)c1. The van der Waals surface area contributed by atoms with Crippen LogP contribution < -0.4 is 9.47 Å². The lowest BCUT2D eigenvalue weighted by Gasteiger charge is -2.08. The van der Waals surface area contributed by atoms with E-state index in [1.54, 1.807) is 31.6 Å². The van der Waals surface area contributed by atoms with Gasteiger partial charge in [0.05, 0.1) is 19.9 Å². The van der Waals surface area contributed by atoms with Gasteiger partial charge in [-0.15, -0.1) is 0 Å². The number of carbonyl (C=O) groups is 1. The fourth-order valence-electron chi connectivity index (χ4n) is 2.29. The minimum Gasteiger partial charge on any atom is -0.497 e. The molecule has 6 nitrogen and oxygen atoms in total. The van der Waals surface area contributed by atoms with Crippen molar-refractivity contribution in [3.05, 3.63) is 35.0 Å². The van der Waals surface area contributed by atoms with Gasteiger partial charge in [-0.1, -0.05) is 11.3 Å². The van der Waals surface area contributed by atoms with Crippen LogP contribution in [0.15, 0.2) is 24.4 Å². The zero-order valence-electron chi connectivity index (χ0n) is 12.3. The molecule has 2 aromatic heterocycles. The first-order valence-electron chi connectivity index (χ1n) is 6.49. The van der Waals surface area contributed by atoms with Crippen molar-refractivity contribution < 1.29 is 19.4 Å². The maximum Gasteiger partial charge on any atom is 0.347 e. The summed E-state index contributed by atoms with van der Waals surface area (Å²) in [7, 11) is 3.18. The number of fused-ring (bicyclic) bond motifs is 1. The number of hydrogen-bond acceptors (Lipinski definition) is 5. The Morgan fingerprint density at radius 3 is 2.68 bits per heavy atom. The number of carboxylic acid groups (broad SMARTS) is 1. The molecule has 0 radical (unpaired) electrons. The van der Waals surface area contributed by atoms with Gasteiger partial charge in [0, 0.05) is 23.5 Å². The molecule has 0 spiro atoms. The van der Waals surface area contributed by atoms with E-state index >= 15 is 0 Å². The molecule has 0 bridgehead atoms. The van der Waals surface area contributed by atoms with E-state index in [0.717, 1.165) is 22.6 Å². The van der Waals surface area contributed by atoms with Gasteiger partial charge in [-0.2, -0.15) is 0 Å². The number of aromatic nitrogens is 2. The number of aryl methyl sites for hydroxylation is 1. The third kappa shape index (κ3) is 2.19. The minimum atomic E-state index is -0.934. The summed E-state index contributed by atoms with van der Waals surface area (Å²) in [6, 6.07) is 5.50. The lowest BCUT2D eigenvalue weighted by Crippen LogP contribution is -1.96. The minimum absolute atomic E-state index is 0.302. The van der Waals surface area contributed by atoms with Crippen LogP contribution in [0.4, 0.5) is 0 Å². The molecule has 1 N–H and O–H groups in total. The van der Waals surface area contributed by atoms with Gasteiger partial charge in [-0.3, -0.25) is 4.40 Å². The number of methoxy groups -OCH3 is 2. The number of carboxylic acids is 1.